The summed E-state index contributed by atoms with van der Waals surface area (Å²) in [7, 11) is 0. The lowest BCUT2D eigenvalue weighted by molar-refractivity contribution is -0.189. The van der Waals surface area contributed by atoms with E-state index >= 15 is 0 Å². The van der Waals surface area contributed by atoms with Gasteiger partial charge in [-0.05, 0) is 42.0 Å². The highest BCUT2D eigenvalue weighted by molar-refractivity contribution is 5.85. The Kier molecular flexibility index (Phi) is 4.74. The molecule has 0 aromatic heterocycles. The fourth-order valence-electron chi connectivity index (χ4n) is 3.20. The van der Waals surface area contributed by atoms with Crippen molar-refractivity contribution in [2.75, 3.05) is 6.61 Å². The molecule has 1 aliphatic heterocycles. The van der Waals surface area contributed by atoms with Gasteiger partial charge >= 0.3 is 5.97 Å². The van der Waals surface area contributed by atoms with Gasteiger partial charge in [-0.15, -0.1) is 0 Å². The van der Waals surface area contributed by atoms with Crippen molar-refractivity contribution in [1.82, 2.24) is 0 Å². The Hall–Kier alpha value is -1.87. The Labute approximate surface area is 130 Å². The molecule has 22 heavy (non-hydrogen) atoms. The molecule has 0 amide bonds. The van der Waals surface area contributed by atoms with E-state index in [9.17, 15) is 4.79 Å². The summed E-state index contributed by atoms with van der Waals surface area (Å²) >= 11 is 0. The molecule has 116 valence electrons. The lowest BCUT2D eigenvalue weighted by Crippen LogP contribution is -2.47. The van der Waals surface area contributed by atoms with E-state index in [1.54, 1.807) is 0 Å². The van der Waals surface area contributed by atoms with Gasteiger partial charge < -0.3 is 9.84 Å². The molecular formula is C19H22O3. The largest absolute Gasteiger partial charge is 0.461 e. The van der Waals surface area contributed by atoms with E-state index in [2.05, 4.69) is 42.5 Å². The lowest BCUT2D eigenvalue weighted by atomic mass is 9.92. The van der Waals surface area contributed by atoms with E-state index in [1.165, 1.54) is 16.3 Å². The molecule has 2 atom stereocenters. The van der Waals surface area contributed by atoms with Crippen molar-refractivity contribution in [3.63, 3.8) is 0 Å². The summed E-state index contributed by atoms with van der Waals surface area (Å²) in [5.41, 5.74) is 1.40. The number of benzene rings is 2. The van der Waals surface area contributed by atoms with Gasteiger partial charge in [0.05, 0.1) is 6.61 Å². The van der Waals surface area contributed by atoms with Crippen LogP contribution in [0.5, 0.6) is 0 Å². The average molecular weight is 298 g/mol. The Balaban J connectivity index is 1.44. The molecule has 3 heteroatoms. The second-order valence-electron chi connectivity index (χ2n) is 6.00. The summed E-state index contributed by atoms with van der Waals surface area (Å²) in [6.07, 6.45) is 5.18. The van der Waals surface area contributed by atoms with Crippen molar-refractivity contribution in [3.05, 3.63) is 48.0 Å². The van der Waals surface area contributed by atoms with Crippen LogP contribution in [0, 0.1) is 5.92 Å². The van der Waals surface area contributed by atoms with Gasteiger partial charge in [0.15, 0.2) is 0 Å². The normalized spacial score (nSPS) is 20.7. The third kappa shape index (κ3) is 3.14. The Morgan fingerprint density at radius 3 is 2.64 bits per heavy atom. The maximum atomic E-state index is 11.1. The summed E-state index contributed by atoms with van der Waals surface area (Å²) in [4.78, 5) is 11.1. The molecule has 1 aliphatic rings. The van der Waals surface area contributed by atoms with Crippen molar-refractivity contribution < 1.29 is 14.6 Å². The van der Waals surface area contributed by atoms with Gasteiger partial charge in [-0.2, -0.15) is 0 Å². The minimum absolute atomic E-state index is 0.0601. The van der Waals surface area contributed by atoms with E-state index in [-0.39, 0.29) is 24.6 Å². The molecule has 2 aromatic carbocycles. The van der Waals surface area contributed by atoms with Gasteiger partial charge in [0, 0.05) is 0 Å². The van der Waals surface area contributed by atoms with Crippen LogP contribution in [0.1, 0.15) is 31.2 Å². The topological polar surface area (TPSA) is 46.5 Å². The van der Waals surface area contributed by atoms with Crippen LogP contribution < -0.4 is 0 Å². The van der Waals surface area contributed by atoms with Gasteiger partial charge in [0.1, 0.15) is 12.0 Å². The zero-order valence-electron chi connectivity index (χ0n) is 12.7. The highest BCUT2D eigenvalue weighted by atomic mass is 16.6. The van der Waals surface area contributed by atoms with Crippen molar-refractivity contribution in [2.24, 2.45) is 5.92 Å². The Morgan fingerprint density at radius 2 is 1.82 bits per heavy atom. The number of unbranched alkanes of at least 4 members (excludes halogenated alkanes) is 2. The van der Waals surface area contributed by atoms with Crippen LogP contribution in [0.2, 0.25) is 0 Å². The summed E-state index contributed by atoms with van der Waals surface area (Å²) in [6, 6.07) is 15.0. The zero-order valence-corrected chi connectivity index (χ0v) is 12.7. The molecule has 1 fully saturated rings. The van der Waals surface area contributed by atoms with Gasteiger partial charge in [0.25, 0.3) is 0 Å². The van der Waals surface area contributed by atoms with Crippen LogP contribution in [0.3, 0.4) is 0 Å². The minimum atomic E-state index is -0.280. The quantitative estimate of drug-likeness (QED) is 0.629. The fourth-order valence-corrected chi connectivity index (χ4v) is 3.20. The standard InChI is InChI=1S/C19H22O3/c20-13-17-18(22-19(17)21)12-3-1-2-7-14-9-6-10-15-8-4-5-11-16(14)15/h4-6,8-11,17-18,20H,1-3,7,12-13H2/t17-,18-/m0/s1. The molecule has 1 heterocycles. The van der Waals surface area contributed by atoms with Crippen LogP contribution in [0.4, 0.5) is 0 Å². The fraction of sp³-hybridized carbons (Fsp3) is 0.421. The molecule has 2 aromatic rings. The van der Waals surface area contributed by atoms with Crippen LogP contribution in [0.25, 0.3) is 10.8 Å². The molecule has 0 aliphatic carbocycles. The smallest absolute Gasteiger partial charge is 0.315 e. The summed E-state index contributed by atoms with van der Waals surface area (Å²) < 4.78 is 5.07. The van der Waals surface area contributed by atoms with Crippen LogP contribution in [0.15, 0.2) is 42.5 Å². The zero-order chi connectivity index (χ0) is 15.4. The van der Waals surface area contributed by atoms with Crippen LogP contribution >= 0.6 is 0 Å². The van der Waals surface area contributed by atoms with Gasteiger partial charge in [-0.25, -0.2) is 0 Å². The first-order valence-corrected chi connectivity index (χ1v) is 8.07. The predicted molar refractivity (Wildman–Crippen MR) is 86.6 cm³/mol. The lowest BCUT2D eigenvalue weighted by Gasteiger charge is -2.33. The molecule has 1 N–H and O–H groups in total. The van der Waals surface area contributed by atoms with Crippen molar-refractivity contribution in [3.8, 4) is 0 Å². The first-order valence-electron chi connectivity index (χ1n) is 8.07. The van der Waals surface area contributed by atoms with E-state index < -0.39 is 0 Å². The Bertz CT molecular complexity index is 645. The number of aryl methyl sites for hydroxylation is 1. The molecule has 0 spiro atoms. The average Bonchev–Trinajstić information content (AvgIpc) is 2.54. The highest BCUT2D eigenvalue weighted by Crippen LogP contribution is 2.27. The number of hydrogen-bond acceptors (Lipinski definition) is 3. The molecule has 0 bridgehead atoms. The first-order chi connectivity index (χ1) is 10.8. The second-order valence-corrected chi connectivity index (χ2v) is 6.00. The SMILES string of the molecule is O=C1O[C@@H](CCCCCc2cccc3ccccc23)[C@@H]1CO. The summed E-state index contributed by atoms with van der Waals surface area (Å²) in [6.45, 7) is -0.0838. The number of ether oxygens (including phenoxy) is 1. The van der Waals surface area contributed by atoms with Gasteiger partial charge in [0.2, 0.25) is 0 Å². The number of cyclic esters (lactones) is 1. The first kappa shape index (κ1) is 15.0. The van der Waals surface area contributed by atoms with Crippen molar-refractivity contribution in [1.29, 1.82) is 0 Å². The second kappa shape index (κ2) is 6.93. The number of aliphatic hydroxyl groups is 1. The number of carbonyl (C=O) groups excluding carboxylic acids is 1. The number of rotatable bonds is 7. The van der Waals surface area contributed by atoms with Crippen molar-refractivity contribution in [2.45, 2.75) is 38.2 Å². The molecule has 3 rings (SSSR count). The van der Waals surface area contributed by atoms with Gasteiger partial charge in [-0.3, -0.25) is 4.79 Å². The minimum Gasteiger partial charge on any atom is -0.461 e. The number of carbonyl (C=O) groups is 1. The third-order valence-electron chi connectivity index (χ3n) is 4.53. The number of aliphatic hydroxyl groups excluding tert-OH is 1. The number of hydrogen-bond donors (Lipinski definition) is 1. The molecule has 0 unspecified atom stereocenters. The maximum absolute atomic E-state index is 11.1. The summed E-state index contributed by atoms with van der Waals surface area (Å²) in [5.74, 6) is -0.527. The predicted octanol–water partition coefficient (Wildman–Crippen LogP) is 3.48. The van der Waals surface area contributed by atoms with E-state index in [1.807, 2.05) is 0 Å². The van der Waals surface area contributed by atoms with E-state index in [4.69, 9.17) is 9.84 Å². The summed E-state index contributed by atoms with van der Waals surface area (Å²) in [5, 5.41) is 11.7. The molecule has 1 saturated heterocycles. The molecule has 3 nitrogen and oxygen atoms in total. The van der Waals surface area contributed by atoms with Crippen LogP contribution in [-0.4, -0.2) is 23.8 Å². The monoisotopic (exact) mass is 298 g/mol. The van der Waals surface area contributed by atoms with E-state index in [0.29, 0.717) is 0 Å². The molecular weight excluding hydrogens is 276 g/mol. The molecule has 0 saturated carbocycles. The number of esters is 1. The maximum Gasteiger partial charge on any atom is 0.315 e. The van der Waals surface area contributed by atoms with Crippen molar-refractivity contribution >= 4 is 16.7 Å². The number of fused-ring (bicyclic) bond motifs is 1. The highest BCUT2D eigenvalue weighted by Gasteiger charge is 2.40. The Morgan fingerprint density at radius 1 is 1.00 bits per heavy atom. The van der Waals surface area contributed by atoms with Gasteiger partial charge in [-0.1, -0.05) is 48.9 Å². The van der Waals surface area contributed by atoms with E-state index in [0.717, 1.165) is 32.1 Å². The third-order valence-corrected chi connectivity index (χ3v) is 4.53. The van der Waals surface area contributed by atoms with Crippen LogP contribution in [-0.2, 0) is 16.0 Å². The molecule has 0 radical (unpaired) electrons.